The minimum absolute atomic E-state index is 0.340. The summed E-state index contributed by atoms with van der Waals surface area (Å²) in [6, 6.07) is 9.05. The van der Waals surface area contributed by atoms with E-state index in [2.05, 4.69) is 20.7 Å². The number of halogens is 1. The van der Waals surface area contributed by atoms with Gasteiger partial charge in [0, 0.05) is 17.1 Å². The smallest absolute Gasteiger partial charge is 0.241 e. The van der Waals surface area contributed by atoms with Crippen molar-refractivity contribution < 1.29 is 8.42 Å². The normalized spacial score (nSPS) is 11.7. The standard InChI is InChI=1S/C13H15BrN2O2S2/c1-9-12(8-13(14)19-9)20(17,18)16-7-6-10-2-4-11(15)5-3-10/h2-5,8,16H,6-7,15H2,1H3. The van der Waals surface area contributed by atoms with Crippen molar-refractivity contribution in [1.29, 1.82) is 0 Å². The number of nitrogens with two attached hydrogens (primary N) is 1. The molecule has 108 valence electrons. The van der Waals surface area contributed by atoms with Gasteiger partial charge in [-0.05, 0) is 53.0 Å². The third-order valence-corrected chi connectivity index (χ3v) is 6.09. The molecule has 0 amide bonds. The second-order valence-corrected chi connectivity index (χ2v) is 8.73. The van der Waals surface area contributed by atoms with E-state index in [-0.39, 0.29) is 0 Å². The minimum Gasteiger partial charge on any atom is -0.399 e. The summed E-state index contributed by atoms with van der Waals surface area (Å²) in [6.07, 6.45) is 0.629. The first kappa shape index (κ1) is 15.5. The SMILES string of the molecule is Cc1sc(Br)cc1S(=O)(=O)NCCc1ccc(N)cc1. The Hall–Kier alpha value is -0.890. The molecule has 0 saturated heterocycles. The summed E-state index contributed by atoms with van der Waals surface area (Å²) in [4.78, 5) is 1.11. The average Bonchev–Trinajstić information content (AvgIpc) is 2.72. The zero-order valence-corrected chi connectivity index (χ0v) is 14.1. The summed E-state index contributed by atoms with van der Waals surface area (Å²) >= 11 is 4.71. The number of anilines is 1. The molecule has 0 unspecified atom stereocenters. The molecule has 7 heteroatoms. The van der Waals surface area contributed by atoms with Crippen LogP contribution in [0.1, 0.15) is 10.4 Å². The summed E-state index contributed by atoms with van der Waals surface area (Å²) in [7, 11) is -3.44. The molecule has 2 aromatic rings. The van der Waals surface area contributed by atoms with Crippen molar-refractivity contribution >= 4 is 43.0 Å². The maximum atomic E-state index is 12.2. The maximum Gasteiger partial charge on any atom is 0.241 e. The number of hydrogen-bond acceptors (Lipinski definition) is 4. The summed E-state index contributed by atoms with van der Waals surface area (Å²) in [5.74, 6) is 0. The van der Waals surface area contributed by atoms with E-state index >= 15 is 0 Å². The molecule has 0 bridgehead atoms. The topological polar surface area (TPSA) is 72.2 Å². The lowest BCUT2D eigenvalue weighted by molar-refractivity contribution is 0.581. The first-order valence-electron chi connectivity index (χ1n) is 5.98. The lowest BCUT2D eigenvalue weighted by Crippen LogP contribution is -2.26. The van der Waals surface area contributed by atoms with Crippen LogP contribution in [0.4, 0.5) is 5.69 Å². The van der Waals surface area contributed by atoms with Crippen LogP contribution in [0.2, 0.25) is 0 Å². The number of benzene rings is 1. The fraction of sp³-hybridized carbons (Fsp3) is 0.231. The minimum atomic E-state index is -3.44. The molecule has 0 aliphatic rings. The van der Waals surface area contributed by atoms with E-state index in [0.717, 1.165) is 14.2 Å². The summed E-state index contributed by atoms with van der Waals surface area (Å²) in [5, 5.41) is 0. The Balaban J connectivity index is 1.99. The van der Waals surface area contributed by atoms with Gasteiger partial charge in [-0.25, -0.2) is 13.1 Å². The predicted octanol–water partition coefficient (Wildman–Crippen LogP) is 2.92. The van der Waals surface area contributed by atoms with E-state index in [1.807, 2.05) is 24.3 Å². The monoisotopic (exact) mass is 374 g/mol. The highest BCUT2D eigenvalue weighted by atomic mass is 79.9. The van der Waals surface area contributed by atoms with Crippen LogP contribution in [-0.2, 0) is 16.4 Å². The molecule has 3 N–H and O–H groups in total. The fourth-order valence-electron chi connectivity index (χ4n) is 1.79. The zero-order valence-electron chi connectivity index (χ0n) is 10.9. The molecule has 0 radical (unpaired) electrons. The Kier molecular flexibility index (Phi) is 4.85. The van der Waals surface area contributed by atoms with Crippen molar-refractivity contribution in [2.24, 2.45) is 0 Å². The predicted molar refractivity (Wildman–Crippen MR) is 86.5 cm³/mol. The highest BCUT2D eigenvalue weighted by Crippen LogP contribution is 2.29. The van der Waals surface area contributed by atoms with E-state index in [9.17, 15) is 8.42 Å². The number of aryl methyl sites for hydroxylation is 1. The first-order valence-corrected chi connectivity index (χ1v) is 9.08. The molecular formula is C13H15BrN2O2S2. The van der Waals surface area contributed by atoms with Crippen LogP contribution in [0.15, 0.2) is 39.0 Å². The van der Waals surface area contributed by atoms with E-state index in [0.29, 0.717) is 23.5 Å². The Morgan fingerprint density at radius 1 is 1.30 bits per heavy atom. The van der Waals surface area contributed by atoms with Crippen LogP contribution in [0, 0.1) is 6.92 Å². The molecule has 0 spiro atoms. The van der Waals surface area contributed by atoms with Gasteiger partial charge in [0.25, 0.3) is 0 Å². The van der Waals surface area contributed by atoms with Crippen molar-refractivity contribution in [2.75, 3.05) is 12.3 Å². The molecule has 0 fully saturated rings. The van der Waals surface area contributed by atoms with Crippen LogP contribution < -0.4 is 10.5 Å². The van der Waals surface area contributed by atoms with Gasteiger partial charge in [-0.1, -0.05) is 12.1 Å². The molecule has 4 nitrogen and oxygen atoms in total. The third kappa shape index (κ3) is 3.82. The summed E-state index contributed by atoms with van der Waals surface area (Å²) in [6.45, 7) is 2.16. The van der Waals surface area contributed by atoms with Crippen LogP contribution in [0.5, 0.6) is 0 Å². The number of sulfonamides is 1. The molecule has 20 heavy (non-hydrogen) atoms. The quantitative estimate of drug-likeness (QED) is 0.790. The summed E-state index contributed by atoms with van der Waals surface area (Å²) < 4.78 is 27.8. The van der Waals surface area contributed by atoms with Gasteiger partial charge in [-0.3, -0.25) is 0 Å². The van der Waals surface area contributed by atoms with E-state index in [4.69, 9.17) is 5.73 Å². The molecule has 0 atom stereocenters. The van der Waals surface area contributed by atoms with Crippen LogP contribution in [0.25, 0.3) is 0 Å². The van der Waals surface area contributed by atoms with Gasteiger partial charge in [0.2, 0.25) is 10.0 Å². The number of rotatable bonds is 5. The van der Waals surface area contributed by atoms with Gasteiger partial charge in [0.15, 0.2) is 0 Å². The van der Waals surface area contributed by atoms with E-state index in [1.165, 1.54) is 11.3 Å². The maximum absolute atomic E-state index is 12.2. The van der Waals surface area contributed by atoms with Crippen molar-refractivity contribution in [3.8, 4) is 0 Å². The highest BCUT2D eigenvalue weighted by Gasteiger charge is 2.18. The average molecular weight is 375 g/mol. The molecule has 0 aliphatic heterocycles. The van der Waals surface area contributed by atoms with Gasteiger partial charge in [0.1, 0.15) is 0 Å². The number of hydrogen-bond donors (Lipinski definition) is 2. The number of thiophene rings is 1. The Bertz CT molecular complexity index is 694. The van der Waals surface area contributed by atoms with Gasteiger partial charge < -0.3 is 5.73 Å². The molecule has 1 heterocycles. The van der Waals surface area contributed by atoms with Crippen molar-refractivity contribution in [1.82, 2.24) is 4.72 Å². The molecule has 1 aromatic carbocycles. The van der Waals surface area contributed by atoms with Gasteiger partial charge in [-0.15, -0.1) is 11.3 Å². The van der Waals surface area contributed by atoms with E-state index in [1.54, 1.807) is 13.0 Å². The molecule has 0 aliphatic carbocycles. The van der Waals surface area contributed by atoms with Crippen molar-refractivity contribution in [3.63, 3.8) is 0 Å². The van der Waals surface area contributed by atoms with Gasteiger partial charge >= 0.3 is 0 Å². The fourth-order valence-corrected chi connectivity index (χ4v) is 5.23. The zero-order chi connectivity index (χ0) is 14.8. The first-order chi connectivity index (χ1) is 9.38. The summed E-state index contributed by atoms with van der Waals surface area (Å²) in [5.41, 5.74) is 7.35. The second-order valence-electron chi connectivity index (χ2n) is 4.36. The molecular weight excluding hydrogens is 360 g/mol. The van der Waals surface area contributed by atoms with E-state index < -0.39 is 10.0 Å². The van der Waals surface area contributed by atoms with Gasteiger partial charge in [-0.2, -0.15) is 0 Å². The van der Waals surface area contributed by atoms with Crippen LogP contribution in [-0.4, -0.2) is 15.0 Å². The van der Waals surface area contributed by atoms with Crippen molar-refractivity contribution in [2.45, 2.75) is 18.2 Å². The Morgan fingerprint density at radius 3 is 2.50 bits per heavy atom. The Labute approximate surface area is 131 Å². The number of nitrogens with one attached hydrogen (secondary N) is 1. The molecule has 1 aromatic heterocycles. The Morgan fingerprint density at radius 2 is 1.95 bits per heavy atom. The van der Waals surface area contributed by atoms with Crippen molar-refractivity contribution in [3.05, 3.63) is 44.6 Å². The van der Waals surface area contributed by atoms with Crippen LogP contribution in [0.3, 0.4) is 0 Å². The van der Waals surface area contributed by atoms with Crippen LogP contribution >= 0.6 is 27.3 Å². The van der Waals surface area contributed by atoms with Gasteiger partial charge in [0.05, 0.1) is 8.68 Å². The second kappa shape index (κ2) is 6.26. The lowest BCUT2D eigenvalue weighted by Gasteiger charge is -2.06. The largest absolute Gasteiger partial charge is 0.399 e. The third-order valence-electron chi connectivity index (χ3n) is 2.82. The molecule has 2 rings (SSSR count). The molecule has 0 saturated carbocycles. The number of nitrogen functional groups attached to an aromatic ring is 1. The lowest BCUT2D eigenvalue weighted by atomic mass is 10.1. The highest BCUT2D eigenvalue weighted by molar-refractivity contribution is 9.11.